The molecule has 3 aromatic rings. The molecule has 124 valence electrons. The fourth-order valence-corrected chi connectivity index (χ4v) is 3.00. The van der Waals surface area contributed by atoms with Crippen LogP contribution in [0.5, 0.6) is 5.75 Å². The number of rotatable bonds is 7. The van der Waals surface area contributed by atoms with Crippen LogP contribution in [0.1, 0.15) is 5.56 Å². The molecule has 1 N–H and O–H groups in total. The molecule has 1 amide bonds. The Labute approximate surface area is 144 Å². The zero-order valence-electron chi connectivity index (χ0n) is 13.4. The summed E-state index contributed by atoms with van der Waals surface area (Å²) >= 11 is 1.65. The molecular weight excluding hydrogens is 322 g/mol. The summed E-state index contributed by atoms with van der Waals surface area (Å²) in [7, 11) is 1.63. The van der Waals surface area contributed by atoms with Gasteiger partial charge in [-0.15, -0.1) is 0 Å². The summed E-state index contributed by atoms with van der Waals surface area (Å²) in [6, 6.07) is 11.6. The quantitative estimate of drug-likeness (QED) is 0.719. The maximum atomic E-state index is 12.0. The molecule has 1 aromatic carbocycles. The van der Waals surface area contributed by atoms with Gasteiger partial charge in [0.15, 0.2) is 0 Å². The van der Waals surface area contributed by atoms with E-state index in [0.717, 1.165) is 22.6 Å². The standard InChI is InChI=1S/C18H19N3O2S/c1-23-16-4-2-14(3-5-16)12-18(22)19-8-10-21-9-6-17(20-21)15-7-11-24-13-15/h2-7,9,11,13H,8,10,12H2,1H3,(H,19,22). The third kappa shape index (κ3) is 4.23. The van der Waals surface area contributed by atoms with Crippen LogP contribution in [-0.2, 0) is 17.8 Å². The third-order valence-electron chi connectivity index (χ3n) is 3.64. The lowest BCUT2D eigenvalue weighted by molar-refractivity contribution is -0.120. The van der Waals surface area contributed by atoms with Crippen LogP contribution >= 0.6 is 11.3 Å². The van der Waals surface area contributed by atoms with E-state index in [9.17, 15) is 4.79 Å². The van der Waals surface area contributed by atoms with Crippen LogP contribution in [0, 0.1) is 0 Å². The summed E-state index contributed by atoms with van der Waals surface area (Å²) in [6.45, 7) is 1.21. The number of hydrogen-bond acceptors (Lipinski definition) is 4. The van der Waals surface area contributed by atoms with Crippen molar-refractivity contribution in [2.75, 3.05) is 13.7 Å². The number of carbonyl (C=O) groups is 1. The number of ether oxygens (including phenoxy) is 1. The predicted molar refractivity (Wildman–Crippen MR) is 95.2 cm³/mol. The second-order valence-corrected chi connectivity index (χ2v) is 6.13. The number of benzene rings is 1. The van der Waals surface area contributed by atoms with Gasteiger partial charge in [-0.3, -0.25) is 9.48 Å². The molecule has 0 aliphatic carbocycles. The van der Waals surface area contributed by atoms with E-state index in [4.69, 9.17) is 4.74 Å². The van der Waals surface area contributed by atoms with E-state index in [1.807, 2.05) is 52.7 Å². The maximum Gasteiger partial charge on any atom is 0.224 e. The first-order valence-corrected chi connectivity index (χ1v) is 8.64. The van der Waals surface area contributed by atoms with Gasteiger partial charge < -0.3 is 10.1 Å². The van der Waals surface area contributed by atoms with Crippen LogP contribution in [0.4, 0.5) is 0 Å². The van der Waals surface area contributed by atoms with Gasteiger partial charge in [0, 0.05) is 23.7 Å². The van der Waals surface area contributed by atoms with Crippen molar-refractivity contribution in [2.24, 2.45) is 0 Å². The Balaban J connectivity index is 1.45. The van der Waals surface area contributed by atoms with Gasteiger partial charge in [-0.1, -0.05) is 12.1 Å². The van der Waals surface area contributed by atoms with Crippen molar-refractivity contribution in [3.8, 4) is 17.0 Å². The maximum absolute atomic E-state index is 12.0. The smallest absolute Gasteiger partial charge is 0.224 e. The van der Waals surface area contributed by atoms with Crippen molar-refractivity contribution in [1.29, 1.82) is 0 Å². The minimum Gasteiger partial charge on any atom is -0.497 e. The first kappa shape index (κ1) is 16.3. The van der Waals surface area contributed by atoms with E-state index in [2.05, 4.69) is 15.8 Å². The number of carbonyl (C=O) groups excluding carboxylic acids is 1. The highest BCUT2D eigenvalue weighted by Gasteiger charge is 2.05. The summed E-state index contributed by atoms with van der Waals surface area (Å²) < 4.78 is 6.96. The molecule has 0 radical (unpaired) electrons. The zero-order chi connectivity index (χ0) is 16.8. The Hall–Kier alpha value is -2.60. The van der Waals surface area contributed by atoms with Gasteiger partial charge in [0.05, 0.1) is 25.8 Å². The summed E-state index contributed by atoms with van der Waals surface area (Å²) in [5.74, 6) is 0.796. The SMILES string of the molecule is COc1ccc(CC(=O)NCCn2ccc(-c3ccsc3)n2)cc1. The number of amides is 1. The summed E-state index contributed by atoms with van der Waals surface area (Å²) in [5.41, 5.74) is 3.05. The largest absolute Gasteiger partial charge is 0.497 e. The molecule has 0 unspecified atom stereocenters. The van der Waals surface area contributed by atoms with Crippen molar-refractivity contribution >= 4 is 17.2 Å². The van der Waals surface area contributed by atoms with Gasteiger partial charge >= 0.3 is 0 Å². The van der Waals surface area contributed by atoms with Crippen LogP contribution in [0.3, 0.4) is 0 Å². The molecule has 0 bridgehead atoms. The summed E-state index contributed by atoms with van der Waals surface area (Å²) in [6.07, 6.45) is 2.30. The molecule has 3 rings (SSSR count). The number of methoxy groups -OCH3 is 1. The predicted octanol–water partition coefficient (Wildman–Crippen LogP) is 2.98. The Morgan fingerprint density at radius 3 is 2.79 bits per heavy atom. The summed E-state index contributed by atoms with van der Waals surface area (Å²) in [5, 5.41) is 11.5. The van der Waals surface area contributed by atoms with Crippen molar-refractivity contribution in [3.63, 3.8) is 0 Å². The highest BCUT2D eigenvalue weighted by atomic mass is 32.1. The Kier molecular flexibility index (Phi) is 5.28. The summed E-state index contributed by atoms with van der Waals surface area (Å²) in [4.78, 5) is 12.0. The van der Waals surface area contributed by atoms with Crippen molar-refractivity contribution in [2.45, 2.75) is 13.0 Å². The Morgan fingerprint density at radius 2 is 2.08 bits per heavy atom. The average molecular weight is 341 g/mol. The first-order valence-electron chi connectivity index (χ1n) is 7.70. The molecule has 6 heteroatoms. The van der Waals surface area contributed by atoms with Crippen LogP contribution in [-0.4, -0.2) is 29.3 Å². The number of thiophene rings is 1. The van der Waals surface area contributed by atoms with Gasteiger partial charge in [-0.2, -0.15) is 16.4 Å². The molecule has 0 saturated heterocycles. The number of hydrogen-bond donors (Lipinski definition) is 1. The fraction of sp³-hybridized carbons (Fsp3) is 0.222. The molecule has 24 heavy (non-hydrogen) atoms. The van der Waals surface area contributed by atoms with Crippen LogP contribution < -0.4 is 10.1 Å². The molecule has 2 heterocycles. The van der Waals surface area contributed by atoms with Crippen LogP contribution in [0.25, 0.3) is 11.3 Å². The Morgan fingerprint density at radius 1 is 1.25 bits per heavy atom. The van der Waals surface area contributed by atoms with E-state index in [1.165, 1.54) is 0 Å². The molecule has 0 atom stereocenters. The van der Waals surface area contributed by atoms with Crippen molar-refractivity contribution in [3.05, 3.63) is 58.9 Å². The fourth-order valence-electron chi connectivity index (χ4n) is 2.35. The normalized spacial score (nSPS) is 10.5. The van der Waals surface area contributed by atoms with Gasteiger partial charge in [0.1, 0.15) is 5.75 Å². The lowest BCUT2D eigenvalue weighted by atomic mass is 10.1. The van der Waals surface area contributed by atoms with Crippen LogP contribution in [0.2, 0.25) is 0 Å². The van der Waals surface area contributed by atoms with E-state index in [0.29, 0.717) is 19.5 Å². The molecule has 0 aliphatic heterocycles. The number of aromatic nitrogens is 2. The van der Waals surface area contributed by atoms with E-state index in [-0.39, 0.29) is 5.91 Å². The minimum atomic E-state index is 0.00498. The van der Waals surface area contributed by atoms with Gasteiger partial charge in [-0.05, 0) is 35.2 Å². The van der Waals surface area contributed by atoms with Gasteiger partial charge in [-0.25, -0.2) is 0 Å². The molecule has 5 nitrogen and oxygen atoms in total. The number of nitrogens with zero attached hydrogens (tertiary/aromatic N) is 2. The van der Waals surface area contributed by atoms with Crippen molar-refractivity contribution < 1.29 is 9.53 Å². The van der Waals surface area contributed by atoms with E-state index in [1.54, 1.807) is 18.4 Å². The number of nitrogens with one attached hydrogen (secondary N) is 1. The molecular formula is C18H19N3O2S. The van der Waals surface area contributed by atoms with Crippen molar-refractivity contribution in [1.82, 2.24) is 15.1 Å². The van der Waals surface area contributed by atoms with E-state index >= 15 is 0 Å². The zero-order valence-corrected chi connectivity index (χ0v) is 14.3. The van der Waals surface area contributed by atoms with E-state index < -0.39 is 0 Å². The molecule has 0 spiro atoms. The second kappa shape index (κ2) is 7.79. The third-order valence-corrected chi connectivity index (χ3v) is 4.33. The topological polar surface area (TPSA) is 56.1 Å². The van der Waals surface area contributed by atoms with Gasteiger partial charge in [0.2, 0.25) is 5.91 Å². The monoisotopic (exact) mass is 341 g/mol. The highest BCUT2D eigenvalue weighted by molar-refractivity contribution is 7.08. The molecule has 0 aliphatic rings. The lowest BCUT2D eigenvalue weighted by Crippen LogP contribution is -2.28. The second-order valence-electron chi connectivity index (χ2n) is 5.35. The average Bonchev–Trinajstić information content (AvgIpc) is 3.27. The minimum absolute atomic E-state index is 0.00498. The lowest BCUT2D eigenvalue weighted by Gasteiger charge is -2.06. The van der Waals surface area contributed by atoms with Crippen LogP contribution in [0.15, 0.2) is 53.4 Å². The highest BCUT2D eigenvalue weighted by Crippen LogP contribution is 2.19. The molecule has 0 fully saturated rings. The molecule has 0 saturated carbocycles. The molecule has 2 aromatic heterocycles. The van der Waals surface area contributed by atoms with Gasteiger partial charge in [0.25, 0.3) is 0 Å². The Bertz CT molecular complexity index is 779. The first-order chi connectivity index (χ1) is 11.7.